The molecule has 2 nitrogen and oxygen atoms in total. The molecule has 1 fully saturated rings. The summed E-state index contributed by atoms with van der Waals surface area (Å²) in [6.45, 7) is 6.95. The van der Waals surface area contributed by atoms with Crippen molar-refractivity contribution in [3.05, 3.63) is 29.8 Å². The van der Waals surface area contributed by atoms with Crippen LogP contribution in [0.25, 0.3) is 0 Å². The highest BCUT2D eigenvalue weighted by Crippen LogP contribution is 2.35. The predicted octanol–water partition coefficient (Wildman–Crippen LogP) is 4.77. The highest BCUT2D eigenvalue weighted by Gasteiger charge is 2.32. The molecule has 0 radical (unpaired) electrons. The minimum absolute atomic E-state index is 0.223. The quantitative estimate of drug-likeness (QED) is 0.694. The molecule has 2 rings (SSSR count). The molecule has 1 atom stereocenters. The zero-order valence-electron chi connectivity index (χ0n) is 12.5. The van der Waals surface area contributed by atoms with Crippen LogP contribution in [0.1, 0.15) is 44.6 Å². The van der Waals surface area contributed by atoms with Crippen molar-refractivity contribution in [1.29, 1.82) is 0 Å². The van der Waals surface area contributed by atoms with Crippen LogP contribution in [-0.2, 0) is 4.74 Å². The Morgan fingerprint density at radius 1 is 1.30 bits per heavy atom. The summed E-state index contributed by atoms with van der Waals surface area (Å²) >= 11 is 3.67. The van der Waals surface area contributed by atoms with Gasteiger partial charge in [0.1, 0.15) is 5.75 Å². The van der Waals surface area contributed by atoms with E-state index in [1.807, 2.05) is 0 Å². The number of hydrogen-bond donors (Lipinski definition) is 0. The summed E-state index contributed by atoms with van der Waals surface area (Å²) in [5.74, 6) is 1.59. The van der Waals surface area contributed by atoms with Gasteiger partial charge in [-0.2, -0.15) is 0 Å². The van der Waals surface area contributed by atoms with Crippen LogP contribution in [0.4, 0.5) is 0 Å². The first-order valence-electron chi connectivity index (χ1n) is 7.56. The van der Waals surface area contributed by atoms with Crippen molar-refractivity contribution in [2.45, 2.75) is 39.0 Å². The van der Waals surface area contributed by atoms with Gasteiger partial charge < -0.3 is 9.47 Å². The fraction of sp³-hybridized carbons (Fsp3) is 0.647. The van der Waals surface area contributed by atoms with E-state index in [9.17, 15) is 0 Å². The van der Waals surface area contributed by atoms with E-state index in [4.69, 9.17) is 9.47 Å². The summed E-state index contributed by atoms with van der Waals surface area (Å²) in [4.78, 5) is 0. The van der Waals surface area contributed by atoms with Crippen molar-refractivity contribution in [3.63, 3.8) is 0 Å². The fourth-order valence-corrected chi connectivity index (χ4v) is 3.31. The second-order valence-corrected chi connectivity index (χ2v) is 6.44. The molecule has 1 saturated heterocycles. The first-order valence-corrected chi connectivity index (χ1v) is 8.68. The van der Waals surface area contributed by atoms with Gasteiger partial charge in [0.05, 0.1) is 6.61 Å². The van der Waals surface area contributed by atoms with E-state index in [1.54, 1.807) is 0 Å². The van der Waals surface area contributed by atoms with Gasteiger partial charge in [-0.15, -0.1) is 0 Å². The first kappa shape index (κ1) is 15.8. The summed E-state index contributed by atoms with van der Waals surface area (Å²) in [6.07, 6.45) is 3.28. The molecule has 0 aliphatic carbocycles. The van der Waals surface area contributed by atoms with Crippen LogP contribution >= 0.6 is 15.9 Å². The Balaban J connectivity index is 2.06. The highest BCUT2D eigenvalue weighted by atomic mass is 79.9. The minimum atomic E-state index is 0.223. The van der Waals surface area contributed by atoms with E-state index >= 15 is 0 Å². The molecule has 0 N–H and O–H groups in total. The third kappa shape index (κ3) is 3.76. The van der Waals surface area contributed by atoms with Gasteiger partial charge in [-0.05, 0) is 36.8 Å². The summed E-state index contributed by atoms with van der Waals surface area (Å²) in [5, 5.41) is 0.981. The van der Waals surface area contributed by atoms with Crippen molar-refractivity contribution in [2.24, 2.45) is 5.41 Å². The fourth-order valence-electron chi connectivity index (χ4n) is 2.59. The number of alkyl halides is 1. The van der Waals surface area contributed by atoms with Crippen molar-refractivity contribution >= 4 is 15.9 Å². The maximum absolute atomic E-state index is 6.21. The predicted molar refractivity (Wildman–Crippen MR) is 86.9 cm³/mol. The van der Waals surface area contributed by atoms with Gasteiger partial charge in [-0.25, -0.2) is 0 Å². The van der Waals surface area contributed by atoms with Gasteiger partial charge in [-0.3, -0.25) is 0 Å². The zero-order valence-corrected chi connectivity index (χ0v) is 14.1. The standard InChI is InChI=1S/C17H25BrO2/c1-3-14(2)15-6-4-5-7-16(15)20-13-17(12-18)8-10-19-11-9-17/h4-7,14H,3,8-13H2,1-2H3. The average molecular weight is 341 g/mol. The van der Waals surface area contributed by atoms with Crippen LogP contribution < -0.4 is 4.74 Å². The third-order valence-electron chi connectivity index (χ3n) is 4.43. The van der Waals surface area contributed by atoms with Crippen LogP contribution in [0.15, 0.2) is 24.3 Å². The molecular weight excluding hydrogens is 316 g/mol. The van der Waals surface area contributed by atoms with Crippen molar-refractivity contribution in [1.82, 2.24) is 0 Å². The topological polar surface area (TPSA) is 18.5 Å². The van der Waals surface area contributed by atoms with E-state index in [0.29, 0.717) is 5.92 Å². The zero-order chi connectivity index (χ0) is 14.4. The Morgan fingerprint density at radius 3 is 2.65 bits per heavy atom. The Hall–Kier alpha value is -0.540. The molecule has 112 valence electrons. The number of benzene rings is 1. The summed E-state index contributed by atoms with van der Waals surface area (Å²) in [5.41, 5.74) is 1.55. The second kappa shape index (κ2) is 7.46. The molecule has 0 bridgehead atoms. The normalized spacial score (nSPS) is 19.6. The lowest BCUT2D eigenvalue weighted by atomic mass is 9.83. The van der Waals surface area contributed by atoms with Crippen molar-refractivity contribution in [3.8, 4) is 5.75 Å². The van der Waals surface area contributed by atoms with Gasteiger partial charge in [-0.1, -0.05) is 48.0 Å². The smallest absolute Gasteiger partial charge is 0.122 e. The third-order valence-corrected chi connectivity index (χ3v) is 5.62. The minimum Gasteiger partial charge on any atom is -0.493 e. The van der Waals surface area contributed by atoms with E-state index in [2.05, 4.69) is 54.0 Å². The molecule has 1 aliphatic rings. The number of halogens is 1. The maximum Gasteiger partial charge on any atom is 0.122 e. The molecule has 1 aromatic rings. The SMILES string of the molecule is CCC(C)c1ccccc1OCC1(CBr)CCOCC1. The summed E-state index contributed by atoms with van der Waals surface area (Å²) in [7, 11) is 0. The Labute approximate surface area is 131 Å². The molecule has 20 heavy (non-hydrogen) atoms. The molecule has 1 heterocycles. The van der Waals surface area contributed by atoms with Crippen molar-refractivity contribution < 1.29 is 9.47 Å². The molecule has 1 aliphatic heterocycles. The van der Waals surface area contributed by atoms with E-state index < -0.39 is 0 Å². The molecular formula is C17H25BrO2. The Bertz CT molecular complexity index is 413. The van der Waals surface area contributed by atoms with Crippen LogP contribution in [-0.4, -0.2) is 25.2 Å². The molecule has 0 spiro atoms. The molecule has 0 aromatic heterocycles. The molecule has 0 saturated carbocycles. The van der Waals surface area contributed by atoms with Crippen LogP contribution in [0.3, 0.4) is 0 Å². The summed E-state index contributed by atoms with van der Waals surface area (Å²) < 4.78 is 11.7. The average Bonchev–Trinajstić information content (AvgIpc) is 2.53. The lowest BCUT2D eigenvalue weighted by Gasteiger charge is -2.35. The molecule has 3 heteroatoms. The van der Waals surface area contributed by atoms with E-state index in [0.717, 1.165) is 50.2 Å². The number of ether oxygens (including phenoxy) is 2. The number of hydrogen-bond acceptors (Lipinski definition) is 2. The lowest BCUT2D eigenvalue weighted by molar-refractivity contribution is 0.00333. The number of rotatable bonds is 6. The van der Waals surface area contributed by atoms with Crippen LogP contribution in [0.2, 0.25) is 0 Å². The van der Waals surface area contributed by atoms with Crippen molar-refractivity contribution in [2.75, 3.05) is 25.2 Å². The largest absolute Gasteiger partial charge is 0.493 e. The van der Waals surface area contributed by atoms with E-state index in [1.165, 1.54) is 5.56 Å². The molecule has 1 aromatic carbocycles. The van der Waals surface area contributed by atoms with Crippen LogP contribution in [0.5, 0.6) is 5.75 Å². The molecule has 0 amide bonds. The molecule has 1 unspecified atom stereocenters. The van der Waals surface area contributed by atoms with Crippen LogP contribution in [0, 0.1) is 5.41 Å². The summed E-state index contributed by atoms with van der Waals surface area (Å²) in [6, 6.07) is 8.45. The highest BCUT2D eigenvalue weighted by molar-refractivity contribution is 9.09. The van der Waals surface area contributed by atoms with Gasteiger partial charge in [0.15, 0.2) is 0 Å². The van der Waals surface area contributed by atoms with Gasteiger partial charge in [0.25, 0.3) is 0 Å². The van der Waals surface area contributed by atoms with Gasteiger partial charge in [0, 0.05) is 24.0 Å². The van der Waals surface area contributed by atoms with Gasteiger partial charge in [0.2, 0.25) is 0 Å². The maximum atomic E-state index is 6.21. The second-order valence-electron chi connectivity index (χ2n) is 5.88. The first-order chi connectivity index (χ1) is 9.71. The number of para-hydroxylation sites is 1. The lowest BCUT2D eigenvalue weighted by Crippen LogP contribution is -2.36. The van der Waals surface area contributed by atoms with E-state index in [-0.39, 0.29) is 5.41 Å². The van der Waals surface area contributed by atoms with Gasteiger partial charge >= 0.3 is 0 Å². The Kier molecular flexibility index (Phi) is 5.91. The monoisotopic (exact) mass is 340 g/mol. The Morgan fingerprint density at radius 2 is 2.00 bits per heavy atom.